The molecule has 0 amide bonds. The molecule has 190 valence electrons. The SMILES string of the molecule is Brc1ccc2ccc3c(C(CCc4cc5ccccc5c5ccccc45)c4ccccc4)ccc4ccc1c2c43. The second kappa shape index (κ2) is 9.47. The maximum Gasteiger partial charge on any atom is 0.0254 e. The summed E-state index contributed by atoms with van der Waals surface area (Å²) >= 11 is 3.81. The van der Waals surface area contributed by atoms with Crippen molar-refractivity contribution in [1.82, 2.24) is 0 Å². The minimum atomic E-state index is 0.291. The van der Waals surface area contributed by atoms with Crippen molar-refractivity contribution in [2.24, 2.45) is 0 Å². The topological polar surface area (TPSA) is 0 Å². The van der Waals surface area contributed by atoms with E-state index in [0.717, 1.165) is 17.3 Å². The van der Waals surface area contributed by atoms with E-state index in [9.17, 15) is 0 Å². The maximum atomic E-state index is 3.81. The minimum absolute atomic E-state index is 0.291. The van der Waals surface area contributed by atoms with Crippen LogP contribution in [0.25, 0.3) is 53.9 Å². The molecule has 0 nitrogen and oxygen atoms in total. The molecule has 1 atom stereocenters. The number of aryl methyl sites for hydroxylation is 1. The summed E-state index contributed by atoms with van der Waals surface area (Å²) in [6.45, 7) is 0. The minimum Gasteiger partial charge on any atom is -0.0622 e. The molecule has 8 rings (SSSR count). The predicted molar refractivity (Wildman–Crippen MR) is 176 cm³/mol. The van der Waals surface area contributed by atoms with Crippen LogP contribution >= 0.6 is 15.9 Å². The fourth-order valence-corrected chi connectivity index (χ4v) is 7.38. The van der Waals surface area contributed by atoms with Crippen molar-refractivity contribution >= 4 is 69.8 Å². The Morgan fingerprint density at radius 1 is 0.475 bits per heavy atom. The van der Waals surface area contributed by atoms with E-state index in [0.29, 0.717) is 5.92 Å². The molecule has 0 aromatic heterocycles. The van der Waals surface area contributed by atoms with Gasteiger partial charge in [-0.1, -0.05) is 143 Å². The third kappa shape index (κ3) is 3.73. The van der Waals surface area contributed by atoms with Gasteiger partial charge >= 0.3 is 0 Å². The Balaban J connectivity index is 1.31. The van der Waals surface area contributed by atoms with E-state index in [1.165, 1.54) is 70.6 Å². The second-order valence-electron chi connectivity index (χ2n) is 10.9. The Kier molecular flexibility index (Phi) is 5.60. The highest BCUT2D eigenvalue weighted by Gasteiger charge is 2.20. The van der Waals surface area contributed by atoms with Crippen LogP contribution in [0.4, 0.5) is 0 Å². The Morgan fingerprint density at radius 2 is 1.10 bits per heavy atom. The molecule has 40 heavy (non-hydrogen) atoms. The lowest BCUT2D eigenvalue weighted by Crippen LogP contribution is -2.05. The summed E-state index contributed by atoms with van der Waals surface area (Å²) in [4.78, 5) is 0. The quantitative estimate of drug-likeness (QED) is 0.179. The summed E-state index contributed by atoms with van der Waals surface area (Å²) in [7, 11) is 0. The number of benzene rings is 8. The van der Waals surface area contributed by atoms with Crippen LogP contribution in [0.5, 0.6) is 0 Å². The van der Waals surface area contributed by atoms with E-state index in [1.54, 1.807) is 0 Å². The van der Waals surface area contributed by atoms with Crippen molar-refractivity contribution in [2.75, 3.05) is 0 Å². The molecule has 0 saturated carbocycles. The van der Waals surface area contributed by atoms with Gasteiger partial charge in [-0.05, 0) is 89.5 Å². The van der Waals surface area contributed by atoms with Gasteiger partial charge in [-0.25, -0.2) is 0 Å². The predicted octanol–water partition coefficient (Wildman–Crippen LogP) is 11.4. The van der Waals surface area contributed by atoms with Crippen molar-refractivity contribution in [2.45, 2.75) is 18.8 Å². The molecule has 1 unspecified atom stereocenters. The van der Waals surface area contributed by atoms with Gasteiger partial charge in [0.25, 0.3) is 0 Å². The van der Waals surface area contributed by atoms with Crippen LogP contribution in [0.15, 0.2) is 138 Å². The van der Waals surface area contributed by atoms with Gasteiger partial charge in [0.2, 0.25) is 0 Å². The van der Waals surface area contributed by atoms with E-state index in [1.807, 2.05) is 0 Å². The molecule has 0 aliphatic carbocycles. The molecule has 0 heterocycles. The Hall–Kier alpha value is -4.20. The Labute approximate surface area is 242 Å². The van der Waals surface area contributed by atoms with Gasteiger partial charge in [-0.2, -0.15) is 0 Å². The monoisotopic (exact) mass is 574 g/mol. The first-order valence-electron chi connectivity index (χ1n) is 14.1. The molecule has 8 aromatic carbocycles. The molecule has 0 aliphatic rings. The van der Waals surface area contributed by atoms with Crippen LogP contribution in [-0.4, -0.2) is 0 Å². The number of hydrogen-bond acceptors (Lipinski definition) is 0. The molecule has 0 spiro atoms. The molecule has 8 aromatic rings. The molecule has 0 radical (unpaired) electrons. The van der Waals surface area contributed by atoms with Crippen LogP contribution in [0.2, 0.25) is 0 Å². The van der Waals surface area contributed by atoms with Gasteiger partial charge in [-0.3, -0.25) is 0 Å². The zero-order valence-electron chi connectivity index (χ0n) is 22.1. The van der Waals surface area contributed by atoms with Crippen molar-refractivity contribution < 1.29 is 0 Å². The van der Waals surface area contributed by atoms with E-state index >= 15 is 0 Å². The zero-order chi connectivity index (χ0) is 26.6. The summed E-state index contributed by atoms with van der Waals surface area (Å²) in [6.07, 6.45) is 2.05. The van der Waals surface area contributed by atoms with Gasteiger partial charge in [0.15, 0.2) is 0 Å². The van der Waals surface area contributed by atoms with Gasteiger partial charge in [0, 0.05) is 10.4 Å². The smallest absolute Gasteiger partial charge is 0.0254 e. The summed E-state index contributed by atoms with van der Waals surface area (Å²) < 4.78 is 1.16. The third-order valence-corrected chi connectivity index (χ3v) is 9.47. The van der Waals surface area contributed by atoms with Crippen LogP contribution in [0.1, 0.15) is 29.0 Å². The van der Waals surface area contributed by atoms with Crippen molar-refractivity contribution in [3.8, 4) is 0 Å². The van der Waals surface area contributed by atoms with Crippen molar-refractivity contribution in [3.05, 3.63) is 155 Å². The van der Waals surface area contributed by atoms with E-state index < -0.39 is 0 Å². The highest BCUT2D eigenvalue weighted by atomic mass is 79.9. The van der Waals surface area contributed by atoms with Crippen molar-refractivity contribution in [1.29, 1.82) is 0 Å². The van der Waals surface area contributed by atoms with Gasteiger partial charge in [-0.15, -0.1) is 0 Å². The standard InChI is InChI=1S/C39H27Br/c40-37-23-18-27-15-21-35-34(20-14-26-16-22-36(37)39(27)38(26)35)32(25-8-2-1-3-9-25)19-17-29-24-28-10-4-5-11-30(28)33-13-7-6-12-31(29)33/h1-16,18,20-24,32H,17,19H2. The maximum absolute atomic E-state index is 3.81. The molecule has 1 heteroatoms. The van der Waals surface area contributed by atoms with Crippen LogP contribution in [-0.2, 0) is 6.42 Å². The lowest BCUT2D eigenvalue weighted by atomic mass is 9.81. The Bertz CT molecular complexity index is 2170. The van der Waals surface area contributed by atoms with E-state index in [-0.39, 0.29) is 0 Å². The summed E-state index contributed by atoms with van der Waals surface area (Å²) in [5, 5.41) is 13.4. The van der Waals surface area contributed by atoms with Crippen LogP contribution in [0.3, 0.4) is 0 Å². The normalized spacial score (nSPS) is 12.7. The first-order chi connectivity index (χ1) is 19.8. The van der Waals surface area contributed by atoms with Crippen molar-refractivity contribution in [3.63, 3.8) is 0 Å². The molecule has 0 fully saturated rings. The van der Waals surface area contributed by atoms with Crippen LogP contribution in [0, 0.1) is 0 Å². The number of halogens is 1. The first kappa shape index (κ1) is 23.7. The molecule has 0 aliphatic heterocycles. The van der Waals surface area contributed by atoms with Gasteiger partial charge in [0.05, 0.1) is 0 Å². The Morgan fingerprint density at radius 3 is 1.93 bits per heavy atom. The third-order valence-electron chi connectivity index (χ3n) is 8.78. The molecular formula is C39H27Br. The summed E-state index contributed by atoms with van der Waals surface area (Å²) in [5.41, 5.74) is 4.22. The lowest BCUT2D eigenvalue weighted by molar-refractivity contribution is 0.723. The van der Waals surface area contributed by atoms with Gasteiger partial charge in [0.1, 0.15) is 0 Å². The molecule has 0 N–H and O–H groups in total. The highest BCUT2D eigenvalue weighted by Crippen LogP contribution is 2.42. The van der Waals surface area contributed by atoms with E-state index in [2.05, 4.69) is 149 Å². The lowest BCUT2D eigenvalue weighted by Gasteiger charge is -2.23. The van der Waals surface area contributed by atoms with Crippen LogP contribution < -0.4 is 0 Å². The number of fused-ring (bicyclic) bond motifs is 3. The number of hydrogen-bond donors (Lipinski definition) is 0. The molecule has 0 saturated heterocycles. The fourth-order valence-electron chi connectivity index (χ4n) is 6.92. The number of rotatable bonds is 5. The first-order valence-corrected chi connectivity index (χ1v) is 14.9. The van der Waals surface area contributed by atoms with Gasteiger partial charge < -0.3 is 0 Å². The highest BCUT2D eigenvalue weighted by molar-refractivity contribution is 9.10. The average Bonchev–Trinajstić information content (AvgIpc) is 3.02. The zero-order valence-corrected chi connectivity index (χ0v) is 23.7. The largest absolute Gasteiger partial charge is 0.0622 e. The summed E-state index contributed by atoms with van der Waals surface area (Å²) in [5.74, 6) is 0.291. The summed E-state index contributed by atoms with van der Waals surface area (Å²) in [6, 6.07) is 49.5. The molecular weight excluding hydrogens is 548 g/mol. The molecule has 0 bridgehead atoms. The fraction of sp³-hybridized carbons (Fsp3) is 0.0769. The van der Waals surface area contributed by atoms with E-state index in [4.69, 9.17) is 0 Å². The average molecular weight is 576 g/mol. The second-order valence-corrected chi connectivity index (χ2v) is 11.8.